The lowest BCUT2D eigenvalue weighted by Gasteiger charge is -2.10. The number of nitrogens with one attached hydrogen (secondary N) is 2. The molecule has 4 heterocycles. The fraction of sp³-hybridized carbons (Fsp3) is 0.200. The van der Waals surface area contributed by atoms with Crippen LogP contribution in [0.4, 0.5) is 14.7 Å². The summed E-state index contributed by atoms with van der Waals surface area (Å²) in [5.74, 6) is -2.68. The highest BCUT2D eigenvalue weighted by Crippen LogP contribution is 2.26. The van der Waals surface area contributed by atoms with Gasteiger partial charge in [0.25, 0.3) is 5.92 Å². The van der Waals surface area contributed by atoms with E-state index < -0.39 is 12.5 Å². The van der Waals surface area contributed by atoms with Crippen LogP contribution in [0.2, 0.25) is 0 Å². The number of halogens is 2. The van der Waals surface area contributed by atoms with E-state index in [4.69, 9.17) is 0 Å². The summed E-state index contributed by atoms with van der Waals surface area (Å²) in [6.45, 7) is 0.315. The number of aromatic nitrogens is 6. The van der Waals surface area contributed by atoms with E-state index in [1.807, 2.05) is 18.3 Å². The minimum Gasteiger partial charge on any atom is -0.348 e. The summed E-state index contributed by atoms with van der Waals surface area (Å²) in [4.78, 5) is 15.9. The van der Waals surface area contributed by atoms with E-state index in [2.05, 4.69) is 30.4 Å². The second-order valence-corrected chi connectivity index (χ2v) is 5.53. The van der Waals surface area contributed by atoms with E-state index in [9.17, 15) is 8.78 Å². The number of aromatic amines is 1. The van der Waals surface area contributed by atoms with Gasteiger partial charge in [0.1, 0.15) is 5.65 Å². The third-order valence-electron chi connectivity index (χ3n) is 3.52. The molecule has 0 radical (unpaired) electrons. The summed E-state index contributed by atoms with van der Waals surface area (Å²) in [7, 11) is 0. The number of nitrogens with zero attached hydrogens (tertiary/aromatic N) is 5. The van der Waals surface area contributed by atoms with Gasteiger partial charge in [-0.2, -0.15) is 10.1 Å². The van der Waals surface area contributed by atoms with Crippen LogP contribution >= 0.6 is 0 Å². The zero-order chi connectivity index (χ0) is 16.7. The van der Waals surface area contributed by atoms with Gasteiger partial charge in [-0.1, -0.05) is 0 Å². The van der Waals surface area contributed by atoms with Gasteiger partial charge in [0, 0.05) is 42.5 Å². The first-order valence-electron chi connectivity index (χ1n) is 7.26. The Morgan fingerprint density at radius 2 is 2.17 bits per heavy atom. The average Bonchev–Trinajstić information content (AvgIpc) is 3.17. The first-order chi connectivity index (χ1) is 11.5. The molecule has 4 aromatic heterocycles. The van der Waals surface area contributed by atoms with Crippen LogP contribution in [0.1, 0.15) is 6.92 Å². The highest BCUT2D eigenvalue weighted by Gasteiger charge is 2.21. The zero-order valence-corrected chi connectivity index (χ0v) is 12.7. The summed E-state index contributed by atoms with van der Waals surface area (Å²) in [5, 5.41) is 7.40. The van der Waals surface area contributed by atoms with Gasteiger partial charge in [-0.25, -0.2) is 23.3 Å². The Kier molecular flexibility index (Phi) is 3.15. The van der Waals surface area contributed by atoms with Gasteiger partial charge in [-0.15, -0.1) is 0 Å². The molecular weight excluding hydrogens is 316 g/mol. The van der Waals surface area contributed by atoms with Gasteiger partial charge in [0.05, 0.1) is 18.4 Å². The molecular formula is C15H13F2N7. The highest BCUT2D eigenvalue weighted by molar-refractivity contribution is 5.92. The van der Waals surface area contributed by atoms with E-state index >= 15 is 0 Å². The van der Waals surface area contributed by atoms with E-state index in [0.717, 1.165) is 29.2 Å². The predicted octanol–water partition coefficient (Wildman–Crippen LogP) is 2.73. The summed E-state index contributed by atoms with van der Waals surface area (Å²) in [5.41, 5.74) is 2.86. The van der Waals surface area contributed by atoms with Crippen molar-refractivity contribution in [2.75, 3.05) is 11.9 Å². The standard InChI is InChI=1S/C15H13F2N7/c1-15(16,17)8-20-14-19-7-10-9(6-18-13(10)23-14)11-3-5-24-12(22-11)2-4-21-24/h2-7H,8H2,1H3,(H2,18,19,20,23). The molecule has 0 fully saturated rings. The third-order valence-corrected chi connectivity index (χ3v) is 3.52. The number of rotatable bonds is 4. The molecule has 0 saturated heterocycles. The fourth-order valence-corrected chi connectivity index (χ4v) is 2.40. The van der Waals surface area contributed by atoms with Crippen molar-refractivity contribution in [1.29, 1.82) is 0 Å². The lowest BCUT2D eigenvalue weighted by Crippen LogP contribution is -2.23. The van der Waals surface area contributed by atoms with Crippen LogP contribution in [0, 0.1) is 0 Å². The summed E-state index contributed by atoms with van der Waals surface area (Å²) < 4.78 is 27.5. The van der Waals surface area contributed by atoms with Crippen LogP contribution in [0.3, 0.4) is 0 Å². The smallest absolute Gasteiger partial charge is 0.262 e. The first-order valence-corrected chi connectivity index (χ1v) is 7.26. The number of hydrogen-bond acceptors (Lipinski definition) is 5. The Morgan fingerprint density at radius 1 is 1.29 bits per heavy atom. The molecule has 122 valence electrons. The van der Waals surface area contributed by atoms with Gasteiger partial charge in [0.2, 0.25) is 5.95 Å². The first kappa shape index (κ1) is 14.5. The minimum atomic E-state index is -2.83. The summed E-state index contributed by atoms with van der Waals surface area (Å²) in [6, 6.07) is 3.65. The molecule has 24 heavy (non-hydrogen) atoms. The molecule has 0 aliphatic rings. The van der Waals surface area contributed by atoms with Gasteiger partial charge in [-0.3, -0.25) is 0 Å². The lowest BCUT2D eigenvalue weighted by molar-refractivity contribution is 0.0366. The Hall–Kier alpha value is -3.10. The normalized spacial score (nSPS) is 12.1. The van der Waals surface area contributed by atoms with E-state index in [0.29, 0.717) is 5.65 Å². The molecule has 9 heteroatoms. The Labute approximate surface area is 134 Å². The van der Waals surface area contributed by atoms with E-state index in [1.54, 1.807) is 23.1 Å². The van der Waals surface area contributed by atoms with Crippen molar-refractivity contribution in [2.45, 2.75) is 12.8 Å². The van der Waals surface area contributed by atoms with E-state index in [1.165, 1.54) is 0 Å². The number of anilines is 1. The van der Waals surface area contributed by atoms with Crippen LogP contribution < -0.4 is 5.32 Å². The van der Waals surface area contributed by atoms with Crippen molar-refractivity contribution < 1.29 is 8.78 Å². The van der Waals surface area contributed by atoms with Gasteiger partial charge in [0.15, 0.2) is 5.65 Å². The average molecular weight is 329 g/mol. The highest BCUT2D eigenvalue weighted by atomic mass is 19.3. The topological polar surface area (TPSA) is 83.8 Å². The minimum absolute atomic E-state index is 0.150. The van der Waals surface area contributed by atoms with Crippen molar-refractivity contribution >= 4 is 22.6 Å². The van der Waals surface area contributed by atoms with Crippen molar-refractivity contribution in [3.05, 3.63) is 36.9 Å². The molecule has 0 aliphatic heterocycles. The molecule has 0 aliphatic carbocycles. The molecule has 7 nitrogen and oxygen atoms in total. The second kappa shape index (κ2) is 5.22. The van der Waals surface area contributed by atoms with Crippen molar-refractivity contribution in [3.8, 4) is 11.3 Å². The maximum absolute atomic E-state index is 12.9. The molecule has 4 rings (SSSR count). The van der Waals surface area contributed by atoms with Crippen LogP contribution in [0.25, 0.3) is 27.9 Å². The number of hydrogen-bond donors (Lipinski definition) is 2. The molecule has 4 aromatic rings. The van der Waals surface area contributed by atoms with Gasteiger partial charge < -0.3 is 10.3 Å². The Balaban J connectivity index is 1.69. The SMILES string of the molecule is CC(F)(F)CNc1ncc2c(-c3ccn4nccc4n3)c[nH]c2n1. The van der Waals surface area contributed by atoms with Gasteiger partial charge in [-0.05, 0) is 6.07 Å². The predicted molar refractivity (Wildman–Crippen MR) is 85.0 cm³/mol. The lowest BCUT2D eigenvalue weighted by atomic mass is 10.2. The molecule has 2 N–H and O–H groups in total. The zero-order valence-electron chi connectivity index (χ0n) is 12.7. The third kappa shape index (κ3) is 2.64. The molecule has 0 unspecified atom stereocenters. The molecule has 0 aromatic carbocycles. The van der Waals surface area contributed by atoms with Crippen LogP contribution in [-0.4, -0.2) is 42.0 Å². The number of alkyl halides is 2. The second-order valence-electron chi connectivity index (χ2n) is 5.53. The number of fused-ring (bicyclic) bond motifs is 2. The van der Waals surface area contributed by atoms with Crippen LogP contribution in [0.15, 0.2) is 36.9 Å². The molecule has 0 bridgehead atoms. The maximum atomic E-state index is 12.9. The molecule has 0 atom stereocenters. The van der Waals surface area contributed by atoms with Crippen LogP contribution in [0.5, 0.6) is 0 Å². The maximum Gasteiger partial charge on any atom is 0.262 e. The quantitative estimate of drug-likeness (QED) is 0.601. The van der Waals surface area contributed by atoms with Crippen molar-refractivity contribution in [1.82, 2.24) is 29.5 Å². The summed E-state index contributed by atoms with van der Waals surface area (Å²) in [6.07, 6.45) is 6.85. The summed E-state index contributed by atoms with van der Waals surface area (Å²) >= 11 is 0. The van der Waals surface area contributed by atoms with E-state index in [-0.39, 0.29) is 5.95 Å². The number of H-pyrrole nitrogens is 1. The fourth-order valence-electron chi connectivity index (χ4n) is 2.40. The largest absolute Gasteiger partial charge is 0.348 e. The Morgan fingerprint density at radius 3 is 3.00 bits per heavy atom. The monoisotopic (exact) mass is 329 g/mol. The molecule has 0 saturated carbocycles. The van der Waals surface area contributed by atoms with Crippen molar-refractivity contribution in [3.63, 3.8) is 0 Å². The molecule has 0 amide bonds. The Bertz CT molecular complexity index is 1020. The molecule has 0 spiro atoms. The van der Waals surface area contributed by atoms with Crippen molar-refractivity contribution in [2.24, 2.45) is 0 Å². The van der Waals surface area contributed by atoms with Crippen LogP contribution in [-0.2, 0) is 0 Å². The van der Waals surface area contributed by atoms with Gasteiger partial charge >= 0.3 is 0 Å².